The minimum absolute atomic E-state index is 0.600. The molecule has 4 heteroatoms. The summed E-state index contributed by atoms with van der Waals surface area (Å²) < 4.78 is 0. The number of carbonyl (C=O) groups is 1. The maximum Gasteiger partial charge on any atom is 0.332 e. The van der Waals surface area contributed by atoms with Crippen molar-refractivity contribution in [2.75, 3.05) is 0 Å². The Balaban J connectivity index is 2.51. The van der Waals surface area contributed by atoms with Crippen LogP contribution in [0.1, 0.15) is 19.8 Å². The molecule has 12 heavy (non-hydrogen) atoms. The summed E-state index contributed by atoms with van der Waals surface area (Å²) >= 11 is 0. The predicted octanol–water partition coefficient (Wildman–Crippen LogP) is 0.997. The van der Waals surface area contributed by atoms with E-state index in [2.05, 4.69) is 23.5 Å². The van der Waals surface area contributed by atoms with Crippen LogP contribution in [-0.4, -0.2) is 11.7 Å². The molecule has 0 aromatic heterocycles. The molecule has 0 saturated heterocycles. The number of carbonyl (C=O) groups excluding carboxylic acids is 1. The molecule has 1 aliphatic rings. The van der Waals surface area contributed by atoms with E-state index in [-0.39, 0.29) is 0 Å². The molecule has 0 bridgehead atoms. The third-order valence-corrected chi connectivity index (χ3v) is 1.72. The molecule has 2 amide bonds. The van der Waals surface area contributed by atoms with Crippen molar-refractivity contribution >= 4 is 11.7 Å². The Morgan fingerprint density at radius 3 is 3.17 bits per heavy atom. The highest BCUT2D eigenvalue weighted by Crippen LogP contribution is 2.14. The number of hydrogen-bond donors (Lipinski definition) is 2. The van der Waals surface area contributed by atoms with Gasteiger partial charge in [0.25, 0.3) is 0 Å². The first-order valence-corrected chi connectivity index (χ1v) is 3.97. The molecule has 0 aromatic carbocycles. The molecule has 1 rings (SSSR count). The maximum atomic E-state index is 10.3. The topological polar surface area (TPSA) is 67.5 Å². The summed E-state index contributed by atoms with van der Waals surface area (Å²) in [4.78, 5) is 10.3. The first-order chi connectivity index (χ1) is 5.68. The van der Waals surface area contributed by atoms with Gasteiger partial charge in [-0.1, -0.05) is 13.0 Å². The van der Waals surface area contributed by atoms with Gasteiger partial charge in [0, 0.05) is 0 Å². The first-order valence-electron chi connectivity index (χ1n) is 3.97. The summed E-state index contributed by atoms with van der Waals surface area (Å²) in [6, 6.07) is -0.617. The number of nitrogens with two attached hydrogens (primary N) is 1. The van der Waals surface area contributed by atoms with Crippen molar-refractivity contribution < 1.29 is 4.79 Å². The number of hydrogen-bond acceptors (Lipinski definition) is 2. The molecule has 66 valence electrons. The molecular weight excluding hydrogens is 154 g/mol. The second kappa shape index (κ2) is 3.90. The monoisotopic (exact) mass is 167 g/mol. The van der Waals surface area contributed by atoms with Crippen LogP contribution >= 0.6 is 0 Å². The number of urea groups is 1. The summed E-state index contributed by atoms with van der Waals surface area (Å²) in [5.74, 6) is 0.600. The lowest BCUT2D eigenvalue weighted by Crippen LogP contribution is -2.26. The molecule has 0 spiro atoms. The normalized spacial score (nSPS) is 25.8. The molecule has 3 N–H and O–H groups in total. The second-order valence-corrected chi connectivity index (χ2v) is 3.03. The molecule has 1 aliphatic carbocycles. The molecule has 0 saturated carbocycles. The molecule has 0 radical (unpaired) electrons. The number of hydrazone groups is 1. The number of rotatable bonds is 1. The van der Waals surface area contributed by atoms with Crippen molar-refractivity contribution in [1.29, 1.82) is 0 Å². The molecule has 1 unspecified atom stereocenters. The number of allylic oxidation sites excluding steroid dienone is 2. The van der Waals surface area contributed by atoms with Gasteiger partial charge in [0.15, 0.2) is 0 Å². The minimum atomic E-state index is -0.617. The Morgan fingerprint density at radius 1 is 1.83 bits per heavy atom. The Hall–Kier alpha value is -1.32. The number of amides is 2. The van der Waals surface area contributed by atoms with Crippen LogP contribution in [0, 0.1) is 5.92 Å². The fraction of sp³-hybridized carbons (Fsp3) is 0.500. The average molecular weight is 167 g/mol. The lowest BCUT2D eigenvalue weighted by Gasteiger charge is -2.13. The highest BCUT2D eigenvalue weighted by atomic mass is 16.2. The van der Waals surface area contributed by atoms with Crippen LogP contribution in [0.5, 0.6) is 0 Å². The predicted molar refractivity (Wildman–Crippen MR) is 47.7 cm³/mol. The van der Waals surface area contributed by atoms with E-state index in [4.69, 9.17) is 5.73 Å². The first kappa shape index (κ1) is 8.77. The van der Waals surface area contributed by atoms with Gasteiger partial charge in [-0.2, -0.15) is 5.10 Å². The fourth-order valence-electron chi connectivity index (χ4n) is 1.15. The zero-order chi connectivity index (χ0) is 8.97. The Morgan fingerprint density at radius 2 is 2.58 bits per heavy atom. The Labute approximate surface area is 71.5 Å². The van der Waals surface area contributed by atoms with E-state index in [0.29, 0.717) is 5.92 Å². The summed E-state index contributed by atoms with van der Waals surface area (Å²) in [6.45, 7) is 2.14. The second-order valence-electron chi connectivity index (χ2n) is 3.03. The molecule has 0 heterocycles. The van der Waals surface area contributed by atoms with Gasteiger partial charge in [-0.05, 0) is 24.8 Å². The van der Waals surface area contributed by atoms with Crippen LogP contribution < -0.4 is 11.2 Å². The van der Waals surface area contributed by atoms with Crippen molar-refractivity contribution in [3.8, 4) is 0 Å². The van der Waals surface area contributed by atoms with Crippen LogP contribution in [0.25, 0.3) is 0 Å². The quantitative estimate of drug-likeness (QED) is 0.562. The van der Waals surface area contributed by atoms with Gasteiger partial charge in [-0.3, -0.25) is 0 Å². The van der Waals surface area contributed by atoms with E-state index in [0.717, 1.165) is 18.6 Å². The number of nitrogens with zero attached hydrogens (tertiary/aromatic N) is 1. The Kier molecular flexibility index (Phi) is 2.85. The molecule has 0 aliphatic heterocycles. The largest absolute Gasteiger partial charge is 0.350 e. The van der Waals surface area contributed by atoms with Gasteiger partial charge < -0.3 is 5.73 Å². The zero-order valence-electron chi connectivity index (χ0n) is 7.08. The SMILES string of the molecule is CC1CC=C/C(=N/NC(N)=O)C1. The fourth-order valence-corrected chi connectivity index (χ4v) is 1.15. The van der Waals surface area contributed by atoms with Crippen LogP contribution in [0.3, 0.4) is 0 Å². The summed E-state index contributed by atoms with van der Waals surface area (Å²) in [7, 11) is 0. The third-order valence-electron chi connectivity index (χ3n) is 1.72. The summed E-state index contributed by atoms with van der Waals surface area (Å²) in [5, 5.41) is 3.84. The molecule has 0 aromatic rings. The highest BCUT2D eigenvalue weighted by Gasteiger charge is 2.08. The van der Waals surface area contributed by atoms with E-state index in [1.807, 2.05) is 6.08 Å². The van der Waals surface area contributed by atoms with Gasteiger partial charge in [-0.25, -0.2) is 10.2 Å². The lowest BCUT2D eigenvalue weighted by atomic mass is 9.95. The average Bonchev–Trinajstić information content (AvgIpc) is 2.01. The molecule has 1 atom stereocenters. The van der Waals surface area contributed by atoms with Crippen LogP contribution in [0.2, 0.25) is 0 Å². The van der Waals surface area contributed by atoms with Crippen molar-refractivity contribution in [3.05, 3.63) is 12.2 Å². The number of nitrogens with one attached hydrogen (secondary N) is 1. The Bertz CT molecular complexity index is 232. The van der Waals surface area contributed by atoms with E-state index in [1.165, 1.54) is 0 Å². The van der Waals surface area contributed by atoms with Crippen molar-refractivity contribution in [2.45, 2.75) is 19.8 Å². The standard InChI is InChI=1S/C8H13N3O/c1-6-3-2-4-7(5-6)10-11-8(9)12/h2,4,6H,3,5H2,1H3,(H3,9,11,12)/b10-7-. The zero-order valence-corrected chi connectivity index (χ0v) is 7.08. The third kappa shape index (κ3) is 2.74. The highest BCUT2D eigenvalue weighted by molar-refractivity contribution is 5.96. The molecule has 0 fully saturated rings. The van der Waals surface area contributed by atoms with Crippen LogP contribution in [0.4, 0.5) is 4.79 Å². The van der Waals surface area contributed by atoms with Crippen LogP contribution in [0.15, 0.2) is 17.3 Å². The molecular formula is C8H13N3O. The van der Waals surface area contributed by atoms with Gasteiger partial charge in [0.1, 0.15) is 0 Å². The summed E-state index contributed by atoms with van der Waals surface area (Å²) in [5.41, 5.74) is 7.96. The van der Waals surface area contributed by atoms with Gasteiger partial charge in [0.2, 0.25) is 0 Å². The van der Waals surface area contributed by atoms with E-state index < -0.39 is 6.03 Å². The smallest absolute Gasteiger partial charge is 0.332 e. The van der Waals surface area contributed by atoms with Gasteiger partial charge in [0.05, 0.1) is 5.71 Å². The van der Waals surface area contributed by atoms with Gasteiger partial charge in [-0.15, -0.1) is 0 Å². The van der Waals surface area contributed by atoms with Crippen molar-refractivity contribution in [3.63, 3.8) is 0 Å². The summed E-state index contributed by atoms with van der Waals surface area (Å²) in [6.07, 6.45) is 5.94. The molecule has 4 nitrogen and oxygen atoms in total. The maximum absolute atomic E-state index is 10.3. The van der Waals surface area contributed by atoms with E-state index in [1.54, 1.807) is 0 Å². The van der Waals surface area contributed by atoms with Gasteiger partial charge >= 0.3 is 6.03 Å². The van der Waals surface area contributed by atoms with Crippen molar-refractivity contribution in [2.24, 2.45) is 16.8 Å². The lowest BCUT2D eigenvalue weighted by molar-refractivity contribution is 0.249. The number of primary amides is 1. The van der Waals surface area contributed by atoms with E-state index in [9.17, 15) is 4.79 Å². The van der Waals surface area contributed by atoms with Crippen LogP contribution in [-0.2, 0) is 0 Å². The van der Waals surface area contributed by atoms with E-state index >= 15 is 0 Å². The van der Waals surface area contributed by atoms with Crippen molar-refractivity contribution in [1.82, 2.24) is 5.43 Å². The minimum Gasteiger partial charge on any atom is -0.350 e.